The zero-order chi connectivity index (χ0) is 14.7. The monoisotopic (exact) mass is 300 g/mol. The largest absolute Gasteiger partial charge is 0.332 e. The Hall–Kier alpha value is -1.75. The number of nitrogens with zero attached hydrogens (tertiary/aromatic N) is 3. The van der Waals surface area contributed by atoms with E-state index in [1.165, 1.54) is 5.56 Å². The molecule has 0 spiro atoms. The smallest absolute Gasteiger partial charge is 0.161 e. The lowest BCUT2D eigenvalue weighted by Crippen LogP contribution is -2.27. The number of thioether (sulfide) groups is 1. The highest BCUT2D eigenvalue weighted by Gasteiger charge is 2.22. The molecule has 21 heavy (non-hydrogen) atoms. The van der Waals surface area contributed by atoms with Crippen LogP contribution in [0.2, 0.25) is 0 Å². The SMILES string of the molecule is CC1(C)CCSC(Nc2cnn(Cc3ccccc3)c2)=N1. The molecule has 5 heteroatoms. The minimum Gasteiger partial charge on any atom is -0.332 e. The molecule has 1 aliphatic heterocycles. The van der Waals surface area contributed by atoms with Crippen molar-refractivity contribution in [3.63, 3.8) is 0 Å². The molecule has 2 heterocycles. The van der Waals surface area contributed by atoms with Gasteiger partial charge in [-0.05, 0) is 25.8 Å². The molecular formula is C16H20N4S. The van der Waals surface area contributed by atoms with Crippen molar-refractivity contribution >= 4 is 22.6 Å². The van der Waals surface area contributed by atoms with Crippen LogP contribution >= 0.6 is 11.8 Å². The minimum absolute atomic E-state index is 0.0353. The second-order valence-corrected chi connectivity index (χ2v) is 6.95. The molecule has 0 fully saturated rings. The lowest BCUT2D eigenvalue weighted by atomic mass is 10.0. The van der Waals surface area contributed by atoms with Gasteiger partial charge in [-0.15, -0.1) is 0 Å². The average Bonchev–Trinajstić information content (AvgIpc) is 2.86. The van der Waals surface area contributed by atoms with Crippen molar-refractivity contribution in [1.82, 2.24) is 9.78 Å². The third-order valence-electron chi connectivity index (χ3n) is 3.43. The maximum Gasteiger partial charge on any atom is 0.161 e. The molecule has 0 bridgehead atoms. The Morgan fingerprint density at radius 2 is 2.10 bits per heavy atom. The van der Waals surface area contributed by atoms with Gasteiger partial charge in [0.25, 0.3) is 0 Å². The lowest BCUT2D eigenvalue weighted by Gasteiger charge is -2.26. The number of amidine groups is 1. The number of aromatic nitrogens is 2. The first-order valence-electron chi connectivity index (χ1n) is 7.17. The molecule has 0 atom stereocenters. The number of anilines is 1. The molecule has 1 aromatic heterocycles. The first kappa shape index (κ1) is 14.2. The summed E-state index contributed by atoms with van der Waals surface area (Å²) < 4.78 is 1.94. The summed E-state index contributed by atoms with van der Waals surface area (Å²) in [6.45, 7) is 5.13. The van der Waals surface area contributed by atoms with Gasteiger partial charge in [-0.3, -0.25) is 9.67 Å². The molecule has 2 aromatic rings. The normalized spacial score (nSPS) is 17.3. The van der Waals surface area contributed by atoms with Crippen LogP contribution in [0.3, 0.4) is 0 Å². The first-order chi connectivity index (χ1) is 10.1. The number of rotatable bonds is 3. The Balaban J connectivity index is 1.67. The quantitative estimate of drug-likeness (QED) is 0.941. The summed E-state index contributed by atoms with van der Waals surface area (Å²) in [7, 11) is 0. The fourth-order valence-electron chi connectivity index (χ4n) is 2.23. The van der Waals surface area contributed by atoms with Crippen LogP contribution < -0.4 is 5.32 Å². The van der Waals surface area contributed by atoms with Gasteiger partial charge in [0, 0.05) is 11.9 Å². The zero-order valence-electron chi connectivity index (χ0n) is 12.4. The zero-order valence-corrected chi connectivity index (χ0v) is 13.2. The van der Waals surface area contributed by atoms with E-state index in [2.05, 4.69) is 36.4 Å². The van der Waals surface area contributed by atoms with Crippen LogP contribution in [0.25, 0.3) is 0 Å². The second kappa shape index (κ2) is 5.93. The molecule has 4 nitrogen and oxygen atoms in total. The van der Waals surface area contributed by atoms with Gasteiger partial charge in [0.2, 0.25) is 0 Å². The summed E-state index contributed by atoms with van der Waals surface area (Å²) in [5.41, 5.74) is 2.28. The summed E-state index contributed by atoms with van der Waals surface area (Å²) in [5, 5.41) is 8.77. The van der Waals surface area contributed by atoms with Crippen LogP contribution in [-0.4, -0.2) is 26.2 Å². The highest BCUT2D eigenvalue weighted by molar-refractivity contribution is 8.14. The molecule has 0 aliphatic carbocycles. The highest BCUT2D eigenvalue weighted by atomic mass is 32.2. The predicted octanol–water partition coefficient (Wildman–Crippen LogP) is 3.61. The molecular weight excluding hydrogens is 280 g/mol. The fourth-order valence-corrected chi connectivity index (χ4v) is 3.53. The van der Waals surface area contributed by atoms with E-state index < -0.39 is 0 Å². The van der Waals surface area contributed by atoms with E-state index >= 15 is 0 Å². The summed E-state index contributed by atoms with van der Waals surface area (Å²) in [5.74, 6) is 1.11. The molecule has 1 aromatic carbocycles. The van der Waals surface area contributed by atoms with Gasteiger partial charge in [0.15, 0.2) is 5.17 Å². The van der Waals surface area contributed by atoms with Crippen molar-refractivity contribution in [3.05, 3.63) is 48.3 Å². The molecule has 0 saturated carbocycles. The maximum atomic E-state index is 4.73. The number of hydrogen-bond acceptors (Lipinski definition) is 4. The van der Waals surface area contributed by atoms with Crippen molar-refractivity contribution in [2.75, 3.05) is 11.1 Å². The summed E-state index contributed by atoms with van der Waals surface area (Å²) in [6, 6.07) is 10.3. The van der Waals surface area contributed by atoms with Gasteiger partial charge in [0.05, 0.1) is 24.0 Å². The third-order valence-corrected chi connectivity index (χ3v) is 4.30. The Labute approximate surface area is 129 Å². The van der Waals surface area contributed by atoms with E-state index in [4.69, 9.17) is 4.99 Å². The van der Waals surface area contributed by atoms with Crippen molar-refractivity contribution in [2.45, 2.75) is 32.4 Å². The Morgan fingerprint density at radius 1 is 1.29 bits per heavy atom. The standard InChI is InChI=1S/C16H20N4S/c1-16(2)8-9-21-15(19-16)18-14-10-17-20(12-14)11-13-6-4-3-5-7-13/h3-7,10,12H,8-9,11H2,1-2H3,(H,18,19). The number of nitrogens with one attached hydrogen (secondary N) is 1. The van der Waals surface area contributed by atoms with Crippen LogP contribution in [0.1, 0.15) is 25.8 Å². The molecule has 3 rings (SSSR count). The third kappa shape index (κ3) is 3.88. The summed E-state index contributed by atoms with van der Waals surface area (Å²) in [4.78, 5) is 4.73. The van der Waals surface area contributed by atoms with Gasteiger partial charge < -0.3 is 5.32 Å². The van der Waals surface area contributed by atoms with Crippen molar-refractivity contribution in [1.29, 1.82) is 0 Å². The van der Waals surface area contributed by atoms with E-state index in [0.717, 1.165) is 29.6 Å². The van der Waals surface area contributed by atoms with E-state index in [1.807, 2.05) is 35.3 Å². The Kier molecular flexibility index (Phi) is 4.01. The van der Waals surface area contributed by atoms with Crippen LogP contribution in [0, 0.1) is 0 Å². The van der Waals surface area contributed by atoms with Crippen LogP contribution in [0.15, 0.2) is 47.7 Å². The molecule has 0 saturated heterocycles. The molecule has 0 amide bonds. The second-order valence-electron chi connectivity index (χ2n) is 5.87. The van der Waals surface area contributed by atoms with Gasteiger partial charge in [0.1, 0.15) is 0 Å². The summed E-state index contributed by atoms with van der Waals surface area (Å²) in [6.07, 6.45) is 5.00. The van der Waals surface area contributed by atoms with Gasteiger partial charge in [-0.1, -0.05) is 42.1 Å². The topological polar surface area (TPSA) is 42.2 Å². The van der Waals surface area contributed by atoms with Crippen LogP contribution in [0.5, 0.6) is 0 Å². The van der Waals surface area contributed by atoms with E-state index in [9.17, 15) is 0 Å². The fraction of sp³-hybridized carbons (Fsp3) is 0.375. The van der Waals surface area contributed by atoms with Crippen molar-refractivity contribution in [2.24, 2.45) is 4.99 Å². The number of aliphatic imine (C=N–C) groups is 1. The number of benzene rings is 1. The maximum absolute atomic E-state index is 4.73. The lowest BCUT2D eigenvalue weighted by molar-refractivity contribution is 0.507. The molecule has 110 valence electrons. The summed E-state index contributed by atoms with van der Waals surface area (Å²) >= 11 is 1.78. The minimum atomic E-state index is 0.0353. The van der Waals surface area contributed by atoms with Crippen LogP contribution in [0.4, 0.5) is 5.69 Å². The van der Waals surface area contributed by atoms with E-state index in [1.54, 1.807) is 11.8 Å². The van der Waals surface area contributed by atoms with E-state index in [0.29, 0.717) is 0 Å². The van der Waals surface area contributed by atoms with Gasteiger partial charge >= 0.3 is 0 Å². The molecule has 0 unspecified atom stereocenters. The van der Waals surface area contributed by atoms with Gasteiger partial charge in [-0.25, -0.2) is 0 Å². The molecule has 1 N–H and O–H groups in total. The predicted molar refractivity (Wildman–Crippen MR) is 90.0 cm³/mol. The molecule has 0 radical (unpaired) electrons. The molecule has 1 aliphatic rings. The van der Waals surface area contributed by atoms with Crippen molar-refractivity contribution in [3.8, 4) is 0 Å². The van der Waals surface area contributed by atoms with E-state index in [-0.39, 0.29) is 5.54 Å². The Morgan fingerprint density at radius 3 is 2.86 bits per heavy atom. The van der Waals surface area contributed by atoms with Crippen molar-refractivity contribution < 1.29 is 0 Å². The average molecular weight is 300 g/mol. The Bertz CT molecular complexity index is 631. The van der Waals surface area contributed by atoms with Crippen LogP contribution in [-0.2, 0) is 6.54 Å². The number of hydrogen-bond donors (Lipinski definition) is 1. The highest BCUT2D eigenvalue weighted by Crippen LogP contribution is 2.26. The first-order valence-corrected chi connectivity index (χ1v) is 8.15. The van der Waals surface area contributed by atoms with Gasteiger partial charge in [-0.2, -0.15) is 5.10 Å².